The number of rotatable bonds is 9. The molecule has 0 spiro atoms. The van der Waals surface area contributed by atoms with Crippen LogP contribution in [0.5, 0.6) is 0 Å². The molecule has 0 saturated heterocycles. The fourth-order valence-electron chi connectivity index (χ4n) is 1.46. The van der Waals surface area contributed by atoms with Gasteiger partial charge in [-0.05, 0) is 13.0 Å². The smallest absolute Gasteiger partial charge is 0.330 e. The van der Waals surface area contributed by atoms with Gasteiger partial charge in [0.2, 0.25) is 0 Å². The van der Waals surface area contributed by atoms with Crippen molar-refractivity contribution in [2.24, 2.45) is 0 Å². The average Bonchev–Trinajstić information content (AvgIpc) is 2.43. The van der Waals surface area contributed by atoms with Crippen molar-refractivity contribution in [1.29, 1.82) is 0 Å². The highest BCUT2D eigenvalue weighted by Crippen LogP contribution is 2.23. The molecule has 1 aromatic rings. The maximum absolute atomic E-state index is 12.7. The molecule has 114 valence electrons. The molecule has 0 fully saturated rings. The van der Waals surface area contributed by atoms with E-state index in [9.17, 15) is 17.6 Å². The molecule has 0 radical (unpaired) electrons. The van der Waals surface area contributed by atoms with Crippen LogP contribution in [-0.2, 0) is 4.74 Å². The summed E-state index contributed by atoms with van der Waals surface area (Å²) in [6.45, 7) is 1.10. The van der Waals surface area contributed by atoms with Crippen molar-refractivity contribution in [2.75, 3.05) is 19.8 Å². The van der Waals surface area contributed by atoms with Crippen LogP contribution < -0.4 is 5.32 Å². The van der Waals surface area contributed by atoms with Gasteiger partial charge in [0.25, 0.3) is 0 Å². The molecule has 1 heterocycles. The lowest BCUT2D eigenvalue weighted by molar-refractivity contribution is -0.167. The minimum atomic E-state index is -4.14. The Morgan fingerprint density at radius 3 is 2.50 bits per heavy atom. The van der Waals surface area contributed by atoms with Gasteiger partial charge in [0.15, 0.2) is 0 Å². The molecule has 4 nitrogen and oxygen atoms in total. The van der Waals surface area contributed by atoms with E-state index in [1.165, 1.54) is 18.7 Å². The van der Waals surface area contributed by atoms with Gasteiger partial charge in [0.05, 0.1) is 12.6 Å². The highest BCUT2D eigenvalue weighted by Gasteiger charge is 2.41. The Bertz CT molecular complexity index is 378. The number of hydrogen-bond acceptors (Lipinski definition) is 4. The fraction of sp³-hybridized carbons (Fsp3) is 0.667. The van der Waals surface area contributed by atoms with E-state index in [1.54, 1.807) is 0 Å². The highest BCUT2D eigenvalue weighted by atomic mass is 19.3. The van der Waals surface area contributed by atoms with Crippen molar-refractivity contribution in [3.8, 4) is 0 Å². The van der Waals surface area contributed by atoms with Crippen molar-refractivity contribution < 1.29 is 22.3 Å². The van der Waals surface area contributed by atoms with E-state index in [2.05, 4.69) is 15.3 Å². The van der Waals surface area contributed by atoms with Gasteiger partial charge in [-0.1, -0.05) is 6.92 Å². The molecule has 20 heavy (non-hydrogen) atoms. The first kappa shape index (κ1) is 16.8. The van der Waals surface area contributed by atoms with Crippen LogP contribution in [0.2, 0.25) is 0 Å². The third-order valence-electron chi connectivity index (χ3n) is 2.52. The molecule has 1 atom stereocenters. The molecular weight excluding hydrogens is 278 g/mol. The normalized spacial score (nSPS) is 13.7. The van der Waals surface area contributed by atoms with Gasteiger partial charge in [-0.2, -0.15) is 8.78 Å². The Hall–Kier alpha value is -1.28. The Kier molecular flexibility index (Phi) is 6.80. The number of alkyl halides is 4. The van der Waals surface area contributed by atoms with Crippen molar-refractivity contribution >= 4 is 0 Å². The summed E-state index contributed by atoms with van der Waals surface area (Å²) in [5, 5.41) is 3.06. The SMILES string of the molecule is CCCNC(COCC(F)(F)C(F)F)c1cncnc1. The topological polar surface area (TPSA) is 47.0 Å². The summed E-state index contributed by atoms with van der Waals surface area (Å²) in [4.78, 5) is 7.65. The second kappa shape index (κ2) is 8.11. The Morgan fingerprint density at radius 1 is 1.30 bits per heavy atom. The van der Waals surface area contributed by atoms with E-state index in [4.69, 9.17) is 4.74 Å². The maximum Gasteiger partial charge on any atom is 0.330 e. The summed E-state index contributed by atoms with van der Waals surface area (Å²) in [7, 11) is 0. The molecule has 0 saturated carbocycles. The molecule has 0 aliphatic heterocycles. The van der Waals surface area contributed by atoms with Crippen molar-refractivity contribution in [3.05, 3.63) is 24.3 Å². The second-order valence-electron chi connectivity index (χ2n) is 4.26. The minimum Gasteiger partial charge on any atom is -0.373 e. The van der Waals surface area contributed by atoms with Crippen LogP contribution in [0.1, 0.15) is 24.9 Å². The number of hydrogen-bond donors (Lipinski definition) is 1. The highest BCUT2D eigenvalue weighted by molar-refractivity contribution is 5.09. The molecule has 0 aliphatic carbocycles. The Labute approximate surface area is 114 Å². The minimum absolute atomic E-state index is 0.157. The molecule has 0 bridgehead atoms. The van der Waals surface area contributed by atoms with Gasteiger partial charge >= 0.3 is 12.3 Å². The van der Waals surface area contributed by atoms with Crippen LogP contribution in [0, 0.1) is 0 Å². The molecule has 1 aromatic heterocycles. The van der Waals surface area contributed by atoms with E-state index in [0.717, 1.165) is 6.42 Å². The average molecular weight is 295 g/mol. The lowest BCUT2D eigenvalue weighted by Crippen LogP contribution is -2.34. The van der Waals surface area contributed by atoms with E-state index in [1.807, 2.05) is 6.92 Å². The van der Waals surface area contributed by atoms with Crippen LogP contribution in [0.25, 0.3) is 0 Å². The van der Waals surface area contributed by atoms with Gasteiger partial charge in [0, 0.05) is 18.0 Å². The summed E-state index contributed by atoms with van der Waals surface area (Å²) in [6, 6.07) is -0.412. The molecule has 1 unspecified atom stereocenters. The van der Waals surface area contributed by atoms with Crippen LogP contribution in [-0.4, -0.2) is 42.1 Å². The number of aromatic nitrogens is 2. The third kappa shape index (κ3) is 5.38. The van der Waals surface area contributed by atoms with Crippen LogP contribution >= 0.6 is 0 Å². The zero-order chi connectivity index (χ0) is 15.0. The zero-order valence-corrected chi connectivity index (χ0v) is 11.0. The number of ether oxygens (including phenoxy) is 1. The Balaban J connectivity index is 2.54. The van der Waals surface area contributed by atoms with Crippen molar-refractivity contribution in [1.82, 2.24) is 15.3 Å². The number of nitrogens with zero attached hydrogens (tertiary/aromatic N) is 2. The van der Waals surface area contributed by atoms with E-state index in [0.29, 0.717) is 12.1 Å². The largest absolute Gasteiger partial charge is 0.373 e. The van der Waals surface area contributed by atoms with Gasteiger partial charge in [0.1, 0.15) is 12.9 Å². The van der Waals surface area contributed by atoms with Gasteiger partial charge in [-0.25, -0.2) is 18.7 Å². The quantitative estimate of drug-likeness (QED) is 0.711. The predicted octanol–water partition coefficient (Wildman–Crippen LogP) is 2.43. The summed E-state index contributed by atoms with van der Waals surface area (Å²) < 4.78 is 54.2. The van der Waals surface area contributed by atoms with Crippen LogP contribution in [0.4, 0.5) is 17.6 Å². The van der Waals surface area contributed by atoms with Crippen molar-refractivity contribution in [2.45, 2.75) is 31.7 Å². The molecule has 0 aliphatic rings. The molecule has 1 N–H and O–H groups in total. The first-order valence-electron chi connectivity index (χ1n) is 6.19. The number of halogens is 4. The fourth-order valence-corrected chi connectivity index (χ4v) is 1.46. The third-order valence-corrected chi connectivity index (χ3v) is 2.52. The summed E-state index contributed by atoms with van der Waals surface area (Å²) in [6.07, 6.45) is 1.48. The summed E-state index contributed by atoms with van der Waals surface area (Å²) in [5.74, 6) is -4.14. The first-order chi connectivity index (χ1) is 9.47. The standard InChI is InChI=1S/C12H17F4N3O/c1-2-3-19-10(9-4-17-8-18-5-9)6-20-7-12(15,16)11(13)14/h4-5,8,10-11,19H,2-3,6-7H2,1H3. The summed E-state index contributed by atoms with van der Waals surface area (Å²) in [5.41, 5.74) is 0.654. The second-order valence-corrected chi connectivity index (χ2v) is 4.26. The first-order valence-corrected chi connectivity index (χ1v) is 6.19. The molecule has 0 amide bonds. The summed E-state index contributed by atoms with van der Waals surface area (Å²) >= 11 is 0. The lowest BCUT2D eigenvalue weighted by Gasteiger charge is -2.20. The predicted molar refractivity (Wildman–Crippen MR) is 64.8 cm³/mol. The van der Waals surface area contributed by atoms with Gasteiger partial charge < -0.3 is 10.1 Å². The maximum atomic E-state index is 12.7. The monoisotopic (exact) mass is 295 g/mol. The molecule has 8 heteroatoms. The van der Waals surface area contributed by atoms with Crippen molar-refractivity contribution in [3.63, 3.8) is 0 Å². The van der Waals surface area contributed by atoms with Crippen LogP contribution in [0.15, 0.2) is 18.7 Å². The zero-order valence-electron chi connectivity index (χ0n) is 11.0. The van der Waals surface area contributed by atoms with E-state index in [-0.39, 0.29) is 6.61 Å². The molecule has 0 aromatic carbocycles. The van der Waals surface area contributed by atoms with E-state index < -0.39 is 25.0 Å². The number of nitrogens with one attached hydrogen (secondary N) is 1. The van der Waals surface area contributed by atoms with Gasteiger partial charge in [-0.15, -0.1) is 0 Å². The lowest BCUT2D eigenvalue weighted by atomic mass is 10.1. The van der Waals surface area contributed by atoms with E-state index >= 15 is 0 Å². The van der Waals surface area contributed by atoms with Crippen LogP contribution in [0.3, 0.4) is 0 Å². The molecule has 1 rings (SSSR count). The molecular formula is C12H17F4N3O. The Morgan fingerprint density at radius 2 is 1.95 bits per heavy atom. The van der Waals surface area contributed by atoms with Gasteiger partial charge in [-0.3, -0.25) is 0 Å².